The number of ether oxygens (including phenoxy) is 1. The van der Waals surface area contributed by atoms with Crippen LogP contribution in [0, 0.1) is 0 Å². The molecule has 0 saturated carbocycles. The minimum atomic E-state index is -0.318. The molecule has 1 N–H and O–H groups in total. The number of imidazole rings is 1. The first-order valence-electron chi connectivity index (χ1n) is 8.35. The molecule has 126 valence electrons. The molecule has 0 unspecified atom stereocenters. The summed E-state index contributed by atoms with van der Waals surface area (Å²) in [5.74, 6) is 0.432. The standard InChI is InChI=1S/C20H19N3O2/c1-3-14-17(19(24)25-2)18(13-9-5-4-6-10-13)23-16-12-8-7-11-15(16)22-20(23)21-14/h4-12,18H,3H2,1-2H3,(H,21,22)/t18-/m1/s1. The average Bonchev–Trinajstić information content (AvgIpc) is 3.04. The van der Waals surface area contributed by atoms with Gasteiger partial charge < -0.3 is 10.1 Å². The number of nitrogens with zero attached hydrogens (tertiary/aromatic N) is 2. The smallest absolute Gasteiger partial charge is 0.338 e. The van der Waals surface area contributed by atoms with Gasteiger partial charge in [-0.05, 0) is 24.1 Å². The molecule has 0 amide bonds. The van der Waals surface area contributed by atoms with E-state index in [2.05, 4.69) is 9.88 Å². The number of nitrogens with one attached hydrogen (secondary N) is 1. The molecule has 5 nitrogen and oxygen atoms in total. The van der Waals surface area contributed by atoms with Gasteiger partial charge in [0.1, 0.15) is 0 Å². The minimum absolute atomic E-state index is 0.271. The zero-order valence-electron chi connectivity index (χ0n) is 14.2. The van der Waals surface area contributed by atoms with E-state index in [9.17, 15) is 4.79 Å². The quantitative estimate of drug-likeness (QED) is 0.739. The maximum atomic E-state index is 12.6. The van der Waals surface area contributed by atoms with Crippen LogP contribution in [-0.4, -0.2) is 22.6 Å². The highest BCUT2D eigenvalue weighted by Gasteiger charge is 2.35. The Morgan fingerprint density at radius 3 is 2.60 bits per heavy atom. The number of allylic oxidation sites excluding steroid dienone is 1. The molecule has 2 aromatic carbocycles. The van der Waals surface area contributed by atoms with Crippen molar-refractivity contribution in [1.82, 2.24) is 9.55 Å². The van der Waals surface area contributed by atoms with Crippen LogP contribution in [0.3, 0.4) is 0 Å². The monoisotopic (exact) mass is 333 g/mol. The van der Waals surface area contributed by atoms with Gasteiger partial charge in [-0.1, -0.05) is 49.4 Å². The van der Waals surface area contributed by atoms with Crippen molar-refractivity contribution in [2.45, 2.75) is 19.4 Å². The second-order valence-corrected chi connectivity index (χ2v) is 5.97. The van der Waals surface area contributed by atoms with Crippen molar-refractivity contribution in [3.05, 3.63) is 71.4 Å². The summed E-state index contributed by atoms with van der Waals surface area (Å²) in [5, 5.41) is 3.33. The zero-order chi connectivity index (χ0) is 17.4. The predicted molar refractivity (Wildman–Crippen MR) is 97.3 cm³/mol. The number of carbonyl (C=O) groups is 1. The maximum absolute atomic E-state index is 12.6. The molecule has 0 fully saturated rings. The van der Waals surface area contributed by atoms with Crippen molar-refractivity contribution in [1.29, 1.82) is 0 Å². The zero-order valence-corrected chi connectivity index (χ0v) is 14.2. The molecule has 1 aromatic heterocycles. The fourth-order valence-electron chi connectivity index (χ4n) is 3.47. The highest BCUT2D eigenvalue weighted by molar-refractivity contribution is 5.94. The molecule has 0 aliphatic carbocycles. The van der Waals surface area contributed by atoms with E-state index < -0.39 is 0 Å². The number of fused-ring (bicyclic) bond motifs is 3. The molecule has 4 rings (SSSR count). The fraction of sp³-hybridized carbons (Fsp3) is 0.200. The number of anilines is 1. The van der Waals surface area contributed by atoms with E-state index >= 15 is 0 Å². The van der Waals surface area contributed by atoms with Gasteiger partial charge >= 0.3 is 5.97 Å². The number of carbonyl (C=O) groups excluding carboxylic acids is 1. The molecule has 1 aliphatic rings. The van der Waals surface area contributed by atoms with Gasteiger partial charge in [0.15, 0.2) is 0 Å². The molecule has 0 bridgehead atoms. The summed E-state index contributed by atoms with van der Waals surface area (Å²) in [5.41, 5.74) is 4.39. The first-order chi connectivity index (χ1) is 12.2. The highest BCUT2D eigenvalue weighted by atomic mass is 16.5. The van der Waals surface area contributed by atoms with Crippen LogP contribution in [-0.2, 0) is 9.53 Å². The molecule has 1 aliphatic heterocycles. The lowest BCUT2D eigenvalue weighted by Crippen LogP contribution is -2.29. The average molecular weight is 333 g/mol. The van der Waals surface area contributed by atoms with Crippen molar-refractivity contribution in [2.24, 2.45) is 0 Å². The lowest BCUT2D eigenvalue weighted by atomic mass is 9.94. The second-order valence-electron chi connectivity index (χ2n) is 5.97. The van der Waals surface area contributed by atoms with Gasteiger partial charge in [-0.2, -0.15) is 0 Å². The lowest BCUT2D eigenvalue weighted by molar-refractivity contribution is -0.136. The molecule has 2 heterocycles. The third-order valence-electron chi connectivity index (χ3n) is 4.59. The highest BCUT2D eigenvalue weighted by Crippen LogP contribution is 2.40. The van der Waals surface area contributed by atoms with Crippen molar-refractivity contribution in [3.63, 3.8) is 0 Å². The lowest BCUT2D eigenvalue weighted by Gasteiger charge is -2.30. The summed E-state index contributed by atoms with van der Waals surface area (Å²) in [7, 11) is 1.42. The Balaban J connectivity index is 2.03. The van der Waals surface area contributed by atoms with Crippen LogP contribution in [0.4, 0.5) is 5.95 Å². The summed E-state index contributed by atoms with van der Waals surface area (Å²) in [6.07, 6.45) is 0.691. The Bertz CT molecular complexity index is 973. The van der Waals surface area contributed by atoms with E-state index in [0.717, 1.165) is 28.2 Å². The number of rotatable bonds is 3. The maximum Gasteiger partial charge on any atom is 0.338 e. The SMILES string of the molecule is CCC1=C(C(=O)OC)[C@@H](c2ccccc2)n2c(nc3ccccc32)N1. The third kappa shape index (κ3) is 2.39. The van der Waals surface area contributed by atoms with Crippen LogP contribution in [0.5, 0.6) is 0 Å². The molecule has 0 saturated heterocycles. The summed E-state index contributed by atoms with van der Waals surface area (Å²) < 4.78 is 7.19. The summed E-state index contributed by atoms with van der Waals surface area (Å²) in [6.45, 7) is 2.02. The minimum Gasteiger partial charge on any atom is -0.466 e. The first kappa shape index (κ1) is 15.4. The molecule has 25 heavy (non-hydrogen) atoms. The van der Waals surface area contributed by atoms with Crippen LogP contribution in [0.1, 0.15) is 24.9 Å². The van der Waals surface area contributed by atoms with Gasteiger partial charge in [0.25, 0.3) is 0 Å². The predicted octanol–water partition coefficient (Wildman–Crippen LogP) is 3.89. The van der Waals surface area contributed by atoms with Crippen LogP contribution in [0.15, 0.2) is 65.9 Å². The first-order valence-corrected chi connectivity index (χ1v) is 8.35. The molecule has 3 aromatic rings. The number of hydrogen-bond donors (Lipinski definition) is 1. The Morgan fingerprint density at radius 1 is 1.16 bits per heavy atom. The Morgan fingerprint density at radius 2 is 1.88 bits per heavy atom. The molecule has 0 spiro atoms. The van der Waals surface area contributed by atoms with Gasteiger partial charge in [-0.15, -0.1) is 0 Å². The fourth-order valence-corrected chi connectivity index (χ4v) is 3.47. The number of hydrogen-bond acceptors (Lipinski definition) is 4. The van der Waals surface area contributed by atoms with Gasteiger partial charge in [0.05, 0.1) is 29.8 Å². The topological polar surface area (TPSA) is 56.2 Å². The normalized spacial score (nSPS) is 16.5. The number of para-hydroxylation sites is 2. The van der Waals surface area contributed by atoms with E-state index in [1.165, 1.54) is 7.11 Å². The van der Waals surface area contributed by atoms with E-state index in [1.807, 2.05) is 61.5 Å². The van der Waals surface area contributed by atoms with Crippen molar-refractivity contribution >= 4 is 23.0 Å². The largest absolute Gasteiger partial charge is 0.466 e. The number of esters is 1. The van der Waals surface area contributed by atoms with E-state index in [0.29, 0.717) is 12.0 Å². The Labute approximate surface area is 145 Å². The molecule has 0 radical (unpaired) electrons. The third-order valence-corrected chi connectivity index (χ3v) is 4.59. The van der Waals surface area contributed by atoms with Crippen LogP contribution >= 0.6 is 0 Å². The van der Waals surface area contributed by atoms with Gasteiger partial charge in [0, 0.05) is 5.70 Å². The van der Waals surface area contributed by atoms with E-state index in [-0.39, 0.29) is 12.0 Å². The Kier molecular flexibility index (Phi) is 3.76. The Hall–Kier alpha value is -3.08. The van der Waals surface area contributed by atoms with E-state index in [1.54, 1.807) is 0 Å². The second kappa shape index (κ2) is 6.09. The molecule has 1 atom stereocenters. The van der Waals surface area contributed by atoms with Crippen LogP contribution < -0.4 is 5.32 Å². The summed E-state index contributed by atoms with van der Waals surface area (Å²) >= 11 is 0. The van der Waals surface area contributed by atoms with Gasteiger partial charge in [0.2, 0.25) is 5.95 Å². The summed E-state index contributed by atoms with van der Waals surface area (Å²) in [4.78, 5) is 17.3. The summed E-state index contributed by atoms with van der Waals surface area (Å²) in [6, 6.07) is 17.7. The van der Waals surface area contributed by atoms with Gasteiger partial charge in [-0.25, -0.2) is 9.78 Å². The molecular formula is C20H19N3O2. The van der Waals surface area contributed by atoms with Crippen LogP contribution in [0.25, 0.3) is 11.0 Å². The van der Waals surface area contributed by atoms with Crippen LogP contribution in [0.2, 0.25) is 0 Å². The molecule has 5 heteroatoms. The number of methoxy groups -OCH3 is 1. The number of benzene rings is 2. The number of aromatic nitrogens is 2. The van der Waals surface area contributed by atoms with Crippen molar-refractivity contribution < 1.29 is 9.53 Å². The van der Waals surface area contributed by atoms with Crippen molar-refractivity contribution in [2.75, 3.05) is 12.4 Å². The van der Waals surface area contributed by atoms with E-state index in [4.69, 9.17) is 9.72 Å². The molecular weight excluding hydrogens is 314 g/mol. The van der Waals surface area contributed by atoms with Gasteiger partial charge in [-0.3, -0.25) is 4.57 Å². The van der Waals surface area contributed by atoms with Crippen molar-refractivity contribution in [3.8, 4) is 0 Å².